The maximum Gasteiger partial charge on any atom is 0.239 e. The van der Waals surface area contributed by atoms with Gasteiger partial charge in [-0.15, -0.1) is 12.4 Å². The zero-order valence-corrected chi connectivity index (χ0v) is 15.3. The lowest BCUT2D eigenvalue weighted by Crippen LogP contribution is -2.46. The first-order chi connectivity index (χ1) is 12.2. The van der Waals surface area contributed by atoms with Crippen molar-refractivity contribution in [2.24, 2.45) is 17.6 Å². The number of anilines is 1. The lowest BCUT2D eigenvalue weighted by molar-refractivity contribution is -0.132. The Labute approximate surface area is 158 Å². The Bertz CT molecular complexity index is 695. The fraction of sp³-hybridized carbons (Fsp3) is 0.556. The van der Waals surface area contributed by atoms with Gasteiger partial charge < -0.3 is 25.4 Å². The summed E-state index contributed by atoms with van der Waals surface area (Å²) in [6.07, 6.45) is 2.72. The predicted molar refractivity (Wildman–Crippen MR) is 98.8 cm³/mol. The topological polar surface area (TPSA) is 93.9 Å². The molecule has 1 aliphatic carbocycles. The first-order valence-electron chi connectivity index (χ1n) is 8.89. The van der Waals surface area contributed by atoms with Crippen LogP contribution in [0.2, 0.25) is 0 Å². The van der Waals surface area contributed by atoms with Crippen LogP contribution in [-0.2, 0) is 9.59 Å². The van der Waals surface area contributed by atoms with E-state index in [-0.39, 0.29) is 30.3 Å². The van der Waals surface area contributed by atoms with Crippen molar-refractivity contribution < 1.29 is 19.1 Å². The van der Waals surface area contributed by atoms with Gasteiger partial charge in [0.05, 0.1) is 0 Å². The number of ether oxygens (including phenoxy) is 2. The van der Waals surface area contributed by atoms with E-state index >= 15 is 0 Å². The van der Waals surface area contributed by atoms with Crippen LogP contribution in [0.15, 0.2) is 18.2 Å². The number of nitrogens with two attached hydrogens (primary N) is 1. The molecule has 0 radical (unpaired) electrons. The third-order valence-corrected chi connectivity index (χ3v) is 5.13. The lowest BCUT2D eigenvalue weighted by Gasteiger charge is -2.22. The smallest absolute Gasteiger partial charge is 0.239 e. The number of carbonyl (C=O) groups excluding carboxylic acids is 2. The van der Waals surface area contributed by atoms with Gasteiger partial charge in [-0.2, -0.15) is 0 Å². The zero-order valence-electron chi connectivity index (χ0n) is 14.5. The maximum atomic E-state index is 12.7. The van der Waals surface area contributed by atoms with E-state index in [1.165, 1.54) is 0 Å². The fourth-order valence-corrected chi connectivity index (χ4v) is 3.53. The Morgan fingerprint density at radius 2 is 1.96 bits per heavy atom. The Morgan fingerprint density at radius 1 is 1.23 bits per heavy atom. The molecule has 1 saturated heterocycles. The van der Waals surface area contributed by atoms with E-state index in [0.717, 1.165) is 18.5 Å². The Kier molecular flexibility index (Phi) is 5.58. The molecule has 2 amide bonds. The molecule has 2 fully saturated rings. The molecule has 2 heterocycles. The summed E-state index contributed by atoms with van der Waals surface area (Å²) in [5, 5.41) is 2.97. The monoisotopic (exact) mass is 381 g/mol. The Hall–Kier alpha value is -1.99. The van der Waals surface area contributed by atoms with Gasteiger partial charge in [-0.1, -0.05) is 0 Å². The minimum Gasteiger partial charge on any atom is -0.486 e. The summed E-state index contributed by atoms with van der Waals surface area (Å²) in [5.74, 6) is 0.793. The third kappa shape index (κ3) is 3.59. The summed E-state index contributed by atoms with van der Waals surface area (Å²) < 4.78 is 11.1. The van der Waals surface area contributed by atoms with Gasteiger partial charge in [-0.05, 0) is 37.3 Å². The van der Waals surface area contributed by atoms with E-state index < -0.39 is 5.92 Å². The zero-order chi connectivity index (χ0) is 17.4. The number of halogens is 1. The Balaban J connectivity index is 0.00000196. The van der Waals surface area contributed by atoms with Gasteiger partial charge in [0.2, 0.25) is 11.8 Å². The average Bonchev–Trinajstić information content (AvgIpc) is 3.41. The van der Waals surface area contributed by atoms with E-state index in [4.69, 9.17) is 15.2 Å². The molecule has 3 aliphatic rings. The number of rotatable bonds is 5. The van der Waals surface area contributed by atoms with E-state index in [2.05, 4.69) is 5.32 Å². The first-order valence-corrected chi connectivity index (χ1v) is 8.89. The number of nitrogens with one attached hydrogen (secondary N) is 1. The molecular weight excluding hydrogens is 358 g/mol. The van der Waals surface area contributed by atoms with Crippen molar-refractivity contribution in [2.45, 2.75) is 25.3 Å². The van der Waals surface area contributed by atoms with Crippen molar-refractivity contribution in [1.82, 2.24) is 5.32 Å². The van der Waals surface area contributed by atoms with Gasteiger partial charge >= 0.3 is 0 Å². The minimum absolute atomic E-state index is 0. The second-order valence-corrected chi connectivity index (χ2v) is 6.85. The summed E-state index contributed by atoms with van der Waals surface area (Å²) >= 11 is 0. The van der Waals surface area contributed by atoms with Gasteiger partial charge in [0.25, 0.3) is 0 Å². The largest absolute Gasteiger partial charge is 0.486 e. The number of carbonyl (C=O) groups is 2. The van der Waals surface area contributed by atoms with E-state index in [1.54, 1.807) is 11.0 Å². The molecule has 1 aromatic carbocycles. The van der Waals surface area contributed by atoms with Crippen LogP contribution in [0, 0.1) is 11.8 Å². The number of nitrogens with zero attached hydrogens (tertiary/aromatic N) is 1. The van der Waals surface area contributed by atoms with Crippen LogP contribution < -0.4 is 25.4 Å². The summed E-state index contributed by atoms with van der Waals surface area (Å²) in [5.41, 5.74) is 6.48. The highest BCUT2D eigenvalue weighted by atomic mass is 35.5. The molecule has 142 valence electrons. The minimum atomic E-state index is -0.638. The van der Waals surface area contributed by atoms with Crippen molar-refractivity contribution >= 4 is 29.9 Å². The highest BCUT2D eigenvalue weighted by Gasteiger charge is 2.40. The molecule has 3 N–H and O–H groups in total. The molecule has 7 nitrogen and oxygen atoms in total. The average molecular weight is 382 g/mol. The van der Waals surface area contributed by atoms with Gasteiger partial charge in [0.1, 0.15) is 19.1 Å². The fourth-order valence-electron chi connectivity index (χ4n) is 3.53. The van der Waals surface area contributed by atoms with Crippen LogP contribution in [0.3, 0.4) is 0 Å². The summed E-state index contributed by atoms with van der Waals surface area (Å²) in [6.45, 7) is 1.97. The van der Waals surface area contributed by atoms with Crippen LogP contribution in [-0.4, -0.2) is 44.2 Å². The van der Waals surface area contributed by atoms with Gasteiger partial charge in [-0.25, -0.2) is 0 Å². The van der Waals surface area contributed by atoms with Gasteiger partial charge in [-0.3, -0.25) is 9.59 Å². The Morgan fingerprint density at radius 3 is 2.65 bits per heavy atom. The van der Waals surface area contributed by atoms with E-state index in [0.29, 0.717) is 50.1 Å². The second kappa shape index (κ2) is 7.72. The molecule has 8 heteroatoms. The molecule has 2 unspecified atom stereocenters. The first kappa shape index (κ1) is 18.8. The maximum absolute atomic E-state index is 12.7. The summed E-state index contributed by atoms with van der Waals surface area (Å²) in [7, 11) is 0. The van der Waals surface area contributed by atoms with Crippen molar-refractivity contribution in [1.29, 1.82) is 0 Å². The summed E-state index contributed by atoms with van der Waals surface area (Å²) in [6, 6.07) is 5.43. The number of fused-ring (bicyclic) bond motifs is 1. The molecule has 1 aromatic rings. The van der Waals surface area contributed by atoms with Crippen LogP contribution >= 0.6 is 12.4 Å². The normalized spacial score (nSPS) is 22.6. The quantitative estimate of drug-likeness (QED) is 0.744. The van der Waals surface area contributed by atoms with E-state index in [1.807, 2.05) is 12.1 Å². The van der Waals surface area contributed by atoms with E-state index in [9.17, 15) is 9.59 Å². The number of amides is 2. The van der Waals surface area contributed by atoms with Crippen molar-refractivity contribution in [2.75, 3.05) is 31.2 Å². The molecule has 26 heavy (non-hydrogen) atoms. The number of hydrogen-bond donors (Lipinski definition) is 2. The van der Waals surface area contributed by atoms with Crippen LogP contribution in [0.1, 0.15) is 19.3 Å². The van der Waals surface area contributed by atoms with Crippen molar-refractivity contribution in [3.8, 4) is 11.5 Å². The predicted octanol–water partition coefficient (Wildman–Crippen LogP) is 1.09. The SMILES string of the molecule is Cl.NCC(NC(=O)C1CCN(c2ccc3c(c2)OCCO3)C1=O)C1CC1. The number of benzene rings is 1. The van der Waals surface area contributed by atoms with Gasteiger partial charge in [0.15, 0.2) is 11.5 Å². The standard InChI is InChI=1S/C18H23N3O4.ClH/c19-10-14(11-1-2-11)20-17(22)13-5-6-21(18(13)23)12-3-4-15-16(9-12)25-8-7-24-15;/h3-4,9,11,13-14H,1-2,5-8,10,19H2,(H,20,22);1H. The van der Waals surface area contributed by atoms with Crippen LogP contribution in [0.5, 0.6) is 11.5 Å². The third-order valence-electron chi connectivity index (χ3n) is 5.13. The van der Waals surface area contributed by atoms with Crippen LogP contribution in [0.4, 0.5) is 5.69 Å². The van der Waals surface area contributed by atoms with Crippen molar-refractivity contribution in [3.63, 3.8) is 0 Å². The highest BCUT2D eigenvalue weighted by Crippen LogP contribution is 2.36. The molecule has 2 atom stereocenters. The molecule has 2 aliphatic heterocycles. The number of hydrogen-bond acceptors (Lipinski definition) is 5. The summed E-state index contributed by atoms with van der Waals surface area (Å²) in [4.78, 5) is 26.9. The second-order valence-electron chi connectivity index (χ2n) is 6.85. The molecule has 4 rings (SSSR count). The molecule has 0 aromatic heterocycles. The van der Waals surface area contributed by atoms with Crippen molar-refractivity contribution in [3.05, 3.63) is 18.2 Å². The molecule has 0 bridgehead atoms. The lowest BCUT2D eigenvalue weighted by atomic mass is 10.1. The van der Waals surface area contributed by atoms with Gasteiger partial charge in [0, 0.05) is 30.9 Å². The molecule has 1 saturated carbocycles. The molecular formula is C18H24ClN3O4. The highest BCUT2D eigenvalue weighted by molar-refractivity contribution is 6.09. The molecule has 0 spiro atoms. The van der Waals surface area contributed by atoms with Crippen LogP contribution in [0.25, 0.3) is 0 Å².